The van der Waals surface area contributed by atoms with Gasteiger partial charge in [0.25, 0.3) is 0 Å². The normalized spacial score (nSPS) is 18.3. The van der Waals surface area contributed by atoms with E-state index in [-0.39, 0.29) is 0 Å². The van der Waals surface area contributed by atoms with Crippen LogP contribution in [-0.4, -0.2) is 42.9 Å². The molecule has 0 radical (unpaired) electrons. The van der Waals surface area contributed by atoms with Crippen molar-refractivity contribution < 1.29 is 0 Å². The minimum absolute atomic E-state index is 0.387. The fourth-order valence-electron chi connectivity index (χ4n) is 3.75. The summed E-state index contributed by atoms with van der Waals surface area (Å²) in [5.74, 6) is 1.46. The van der Waals surface area contributed by atoms with Crippen molar-refractivity contribution in [1.82, 2.24) is 29.8 Å². The molecular formula is C18H19N7. The minimum Gasteiger partial charge on any atom is -0.368 e. The Bertz CT molecular complexity index is 1010. The highest BCUT2D eigenvalue weighted by atomic mass is 15.4. The van der Waals surface area contributed by atoms with E-state index in [1.54, 1.807) is 10.8 Å². The average Bonchev–Trinajstić information content (AvgIpc) is 3.27. The molecule has 126 valence electrons. The molecule has 4 aromatic rings. The predicted octanol–water partition coefficient (Wildman–Crippen LogP) is 2.69. The van der Waals surface area contributed by atoms with Gasteiger partial charge in [-0.1, -0.05) is 12.1 Å². The van der Waals surface area contributed by atoms with Crippen LogP contribution < -0.4 is 4.90 Å². The lowest BCUT2D eigenvalue weighted by Gasteiger charge is -2.33. The van der Waals surface area contributed by atoms with Gasteiger partial charge in [-0.2, -0.15) is 9.61 Å². The summed E-state index contributed by atoms with van der Waals surface area (Å²) in [5.41, 5.74) is 5.03. The third-order valence-electron chi connectivity index (χ3n) is 4.93. The van der Waals surface area contributed by atoms with Crippen LogP contribution in [0.4, 0.5) is 5.69 Å². The molecular weight excluding hydrogens is 314 g/mol. The number of hydrogen-bond donors (Lipinski definition) is 1. The van der Waals surface area contributed by atoms with Crippen molar-refractivity contribution in [3.8, 4) is 0 Å². The molecule has 1 unspecified atom stereocenters. The number of anilines is 1. The Morgan fingerprint density at radius 2 is 2.16 bits per heavy atom. The van der Waals surface area contributed by atoms with Crippen molar-refractivity contribution >= 4 is 22.4 Å². The van der Waals surface area contributed by atoms with Gasteiger partial charge in [0.15, 0.2) is 0 Å². The number of hydrogen-bond acceptors (Lipinski definition) is 5. The summed E-state index contributed by atoms with van der Waals surface area (Å²) in [6.07, 6.45) is 3.93. The molecule has 4 heterocycles. The van der Waals surface area contributed by atoms with E-state index in [4.69, 9.17) is 4.98 Å². The lowest BCUT2D eigenvalue weighted by molar-refractivity contribution is 0.495. The maximum Gasteiger partial charge on any atom is 0.200 e. The van der Waals surface area contributed by atoms with Gasteiger partial charge in [-0.15, -0.1) is 10.2 Å². The van der Waals surface area contributed by atoms with Crippen LogP contribution in [0, 0.1) is 6.92 Å². The van der Waals surface area contributed by atoms with Crippen molar-refractivity contribution in [1.29, 1.82) is 0 Å². The van der Waals surface area contributed by atoms with Crippen molar-refractivity contribution in [3.05, 3.63) is 48.2 Å². The fraction of sp³-hybridized carbons (Fsp3) is 0.333. The highest BCUT2D eigenvalue weighted by Gasteiger charge is 2.26. The minimum atomic E-state index is 0.387. The highest BCUT2D eigenvalue weighted by molar-refractivity contribution is 5.75. The summed E-state index contributed by atoms with van der Waals surface area (Å²) >= 11 is 0. The zero-order valence-corrected chi connectivity index (χ0v) is 14.1. The molecule has 0 bridgehead atoms. The van der Waals surface area contributed by atoms with Crippen LogP contribution in [-0.2, 0) is 0 Å². The topological polar surface area (TPSA) is 75.0 Å². The number of benzene rings is 1. The number of aryl methyl sites for hydroxylation is 1. The van der Waals surface area contributed by atoms with Crippen molar-refractivity contribution in [3.63, 3.8) is 0 Å². The standard InChI is InChI=1S/C18H19N7/c1-12-9-16(18-22-19-11-25(18)23-12)24-8-4-5-13(10-24)17-20-14-6-2-3-7-15(14)21-17/h2-3,6-7,9,11,13H,4-5,8,10H2,1H3,(H,20,21). The van der Waals surface area contributed by atoms with Crippen LogP contribution in [0.1, 0.15) is 30.3 Å². The SMILES string of the molecule is Cc1cc(N2CCCC(c3nc4ccccc4[nH]3)C2)c2nncn2n1. The third-order valence-corrected chi connectivity index (χ3v) is 4.93. The number of H-pyrrole nitrogens is 1. The summed E-state index contributed by atoms with van der Waals surface area (Å²) in [5, 5.41) is 12.7. The van der Waals surface area contributed by atoms with E-state index >= 15 is 0 Å². The molecule has 3 aromatic heterocycles. The molecule has 1 aliphatic rings. The second-order valence-corrected chi connectivity index (χ2v) is 6.69. The largest absolute Gasteiger partial charge is 0.368 e. The van der Waals surface area contributed by atoms with E-state index in [0.717, 1.165) is 59.8 Å². The van der Waals surface area contributed by atoms with Crippen LogP contribution in [0.25, 0.3) is 16.7 Å². The summed E-state index contributed by atoms with van der Waals surface area (Å²) in [6.45, 7) is 3.94. The van der Waals surface area contributed by atoms with Crippen LogP contribution in [0.3, 0.4) is 0 Å². The van der Waals surface area contributed by atoms with E-state index in [9.17, 15) is 0 Å². The van der Waals surface area contributed by atoms with Crippen molar-refractivity contribution in [2.75, 3.05) is 18.0 Å². The van der Waals surface area contributed by atoms with E-state index in [0.29, 0.717) is 5.92 Å². The van der Waals surface area contributed by atoms with E-state index in [2.05, 4.69) is 43.4 Å². The average molecular weight is 333 g/mol. The predicted molar refractivity (Wildman–Crippen MR) is 95.8 cm³/mol. The van der Waals surface area contributed by atoms with Gasteiger partial charge in [0.2, 0.25) is 5.65 Å². The van der Waals surface area contributed by atoms with Crippen LogP contribution in [0.2, 0.25) is 0 Å². The van der Waals surface area contributed by atoms with E-state index in [1.165, 1.54) is 0 Å². The first-order chi connectivity index (χ1) is 12.3. The Morgan fingerprint density at radius 1 is 1.24 bits per heavy atom. The third kappa shape index (κ3) is 2.43. The van der Waals surface area contributed by atoms with Gasteiger partial charge in [0.1, 0.15) is 12.2 Å². The first-order valence-corrected chi connectivity index (χ1v) is 8.65. The second kappa shape index (κ2) is 5.54. The van der Waals surface area contributed by atoms with Gasteiger partial charge < -0.3 is 9.88 Å². The Labute approximate surface area is 144 Å². The first-order valence-electron chi connectivity index (χ1n) is 8.65. The molecule has 1 N–H and O–H groups in total. The number of piperidine rings is 1. The zero-order valence-electron chi connectivity index (χ0n) is 14.1. The zero-order chi connectivity index (χ0) is 16.8. The Morgan fingerprint density at radius 3 is 3.08 bits per heavy atom. The molecule has 7 heteroatoms. The smallest absolute Gasteiger partial charge is 0.200 e. The van der Waals surface area contributed by atoms with Crippen LogP contribution >= 0.6 is 0 Å². The van der Waals surface area contributed by atoms with Gasteiger partial charge in [-0.3, -0.25) is 0 Å². The summed E-state index contributed by atoms with van der Waals surface area (Å²) in [7, 11) is 0. The number of nitrogens with zero attached hydrogens (tertiary/aromatic N) is 6. The lowest BCUT2D eigenvalue weighted by Crippen LogP contribution is -2.35. The summed E-state index contributed by atoms with van der Waals surface area (Å²) in [4.78, 5) is 10.7. The number of imidazole rings is 1. The molecule has 1 aliphatic heterocycles. The molecule has 7 nitrogen and oxygen atoms in total. The van der Waals surface area contributed by atoms with Crippen LogP contribution in [0.5, 0.6) is 0 Å². The van der Waals surface area contributed by atoms with Crippen molar-refractivity contribution in [2.24, 2.45) is 0 Å². The number of para-hydroxylation sites is 2. The van der Waals surface area contributed by atoms with E-state index in [1.807, 2.05) is 19.1 Å². The summed E-state index contributed by atoms with van der Waals surface area (Å²) in [6, 6.07) is 10.3. The number of nitrogens with one attached hydrogen (secondary N) is 1. The second-order valence-electron chi connectivity index (χ2n) is 6.69. The van der Waals surface area contributed by atoms with Crippen LogP contribution in [0.15, 0.2) is 36.7 Å². The molecule has 0 amide bonds. The molecule has 25 heavy (non-hydrogen) atoms. The summed E-state index contributed by atoms with van der Waals surface area (Å²) < 4.78 is 1.76. The Kier molecular flexibility index (Phi) is 3.19. The molecule has 5 rings (SSSR count). The Balaban J connectivity index is 1.50. The first kappa shape index (κ1) is 14.4. The van der Waals surface area contributed by atoms with Gasteiger partial charge in [-0.05, 0) is 38.0 Å². The molecule has 1 aromatic carbocycles. The maximum atomic E-state index is 4.81. The molecule has 0 spiro atoms. The highest BCUT2D eigenvalue weighted by Crippen LogP contribution is 2.31. The van der Waals surface area contributed by atoms with Crippen molar-refractivity contribution in [2.45, 2.75) is 25.7 Å². The Hall–Kier alpha value is -2.96. The van der Waals surface area contributed by atoms with E-state index < -0.39 is 0 Å². The monoisotopic (exact) mass is 333 g/mol. The van der Waals surface area contributed by atoms with Gasteiger partial charge >= 0.3 is 0 Å². The van der Waals surface area contributed by atoms with Gasteiger partial charge in [0.05, 0.1) is 22.4 Å². The fourth-order valence-corrected chi connectivity index (χ4v) is 3.75. The molecule has 1 atom stereocenters. The number of fused-ring (bicyclic) bond motifs is 2. The van der Waals surface area contributed by atoms with Gasteiger partial charge in [0, 0.05) is 19.0 Å². The number of aromatic amines is 1. The molecule has 0 aliphatic carbocycles. The molecule has 1 saturated heterocycles. The van der Waals surface area contributed by atoms with Gasteiger partial charge in [-0.25, -0.2) is 4.98 Å². The number of rotatable bonds is 2. The quantitative estimate of drug-likeness (QED) is 0.610. The molecule has 0 saturated carbocycles. The molecule has 1 fully saturated rings. The maximum absolute atomic E-state index is 4.81. The lowest BCUT2D eigenvalue weighted by atomic mass is 9.97. The number of aromatic nitrogens is 6.